The molecule has 3 amide bonds. The van der Waals surface area contributed by atoms with Gasteiger partial charge >= 0.3 is 6.09 Å². The van der Waals surface area contributed by atoms with Crippen molar-refractivity contribution in [2.45, 2.75) is 138 Å². The predicted octanol–water partition coefficient (Wildman–Crippen LogP) is 7.39. The van der Waals surface area contributed by atoms with Crippen molar-refractivity contribution >= 4 is 17.9 Å². The zero-order valence-corrected chi connectivity index (χ0v) is 26.8. The van der Waals surface area contributed by atoms with Gasteiger partial charge in [0, 0.05) is 13.1 Å². The van der Waals surface area contributed by atoms with Gasteiger partial charge in [-0.15, -0.1) is 0 Å². The molecule has 40 heavy (non-hydrogen) atoms. The zero-order chi connectivity index (χ0) is 30.3. The van der Waals surface area contributed by atoms with E-state index in [0.717, 1.165) is 68.1 Å². The van der Waals surface area contributed by atoms with E-state index in [1.165, 1.54) is 0 Å². The van der Waals surface area contributed by atoms with E-state index in [1.807, 2.05) is 39.8 Å². The average Bonchev–Trinajstić information content (AvgIpc) is 2.84. The van der Waals surface area contributed by atoms with Gasteiger partial charge in [-0.3, -0.25) is 9.59 Å². The number of rotatable bonds is 17. The zero-order valence-electron chi connectivity index (χ0n) is 26.8. The molecule has 2 atom stereocenters. The lowest BCUT2D eigenvalue weighted by atomic mass is 9.95. The van der Waals surface area contributed by atoms with E-state index < -0.39 is 23.8 Å². The highest BCUT2D eigenvalue weighted by molar-refractivity contribution is 5.92. The SMILES string of the molecule is CCCCCCCN(C(=O)C(CC(C)C)NC(=O)OC(C)(C)C)C(C(=O)NCCCCC)c1ccc(C)cc1C. The molecule has 2 unspecified atom stereocenters. The van der Waals surface area contributed by atoms with Gasteiger partial charge in [0.2, 0.25) is 11.8 Å². The van der Waals surface area contributed by atoms with Crippen molar-refractivity contribution in [3.63, 3.8) is 0 Å². The van der Waals surface area contributed by atoms with E-state index in [1.54, 1.807) is 25.7 Å². The van der Waals surface area contributed by atoms with Crippen molar-refractivity contribution in [1.82, 2.24) is 15.5 Å². The van der Waals surface area contributed by atoms with Crippen LogP contribution in [0.5, 0.6) is 0 Å². The Balaban J connectivity index is 3.49. The van der Waals surface area contributed by atoms with Crippen LogP contribution in [-0.2, 0) is 14.3 Å². The Morgan fingerprint density at radius 3 is 2.12 bits per heavy atom. The van der Waals surface area contributed by atoms with Crippen LogP contribution in [0.2, 0.25) is 0 Å². The molecule has 1 rings (SSSR count). The molecular weight excluding hydrogens is 502 g/mol. The molecule has 0 radical (unpaired) electrons. The lowest BCUT2D eigenvalue weighted by molar-refractivity contribution is -0.143. The summed E-state index contributed by atoms with van der Waals surface area (Å²) in [6.45, 7) is 18.8. The van der Waals surface area contributed by atoms with E-state index >= 15 is 0 Å². The molecule has 0 saturated heterocycles. The number of unbranched alkanes of at least 4 members (excludes halogenated alkanes) is 6. The maximum Gasteiger partial charge on any atom is 0.408 e. The number of aryl methyl sites for hydroxylation is 2. The van der Waals surface area contributed by atoms with E-state index in [-0.39, 0.29) is 17.7 Å². The van der Waals surface area contributed by atoms with Crippen LogP contribution in [-0.4, -0.2) is 47.5 Å². The second-order valence-electron chi connectivity index (χ2n) is 12.5. The summed E-state index contributed by atoms with van der Waals surface area (Å²) in [5.41, 5.74) is 2.21. The number of nitrogens with zero attached hydrogens (tertiary/aromatic N) is 1. The van der Waals surface area contributed by atoms with E-state index in [2.05, 4.69) is 30.5 Å². The number of nitrogens with one attached hydrogen (secondary N) is 2. The highest BCUT2D eigenvalue weighted by atomic mass is 16.6. The first-order chi connectivity index (χ1) is 18.8. The molecule has 0 aliphatic heterocycles. The Morgan fingerprint density at radius 2 is 1.55 bits per heavy atom. The van der Waals surface area contributed by atoms with Gasteiger partial charge in [-0.05, 0) is 70.9 Å². The first-order valence-electron chi connectivity index (χ1n) is 15.5. The number of benzene rings is 1. The van der Waals surface area contributed by atoms with E-state index in [4.69, 9.17) is 4.74 Å². The number of carbonyl (C=O) groups is 3. The van der Waals surface area contributed by atoms with Gasteiger partial charge in [0.15, 0.2) is 0 Å². The summed E-state index contributed by atoms with van der Waals surface area (Å²) in [7, 11) is 0. The smallest absolute Gasteiger partial charge is 0.408 e. The fourth-order valence-corrected chi connectivity index (χ4v) is 4.86. The topological polar surface area (TPSA) is 87.7 Å². The molecule has 0 heterocycles. The third-order valence-corrected chi connectivity index (χ3v) is 6.84. The molecule has 1 aromatic rings. The van der Waals surface area contributed by atoms with E-state index in [0.29, 0.717) is 19.5 Å². The highest BCUT2D eigenvalue weighted by Gasteiger charge is 2.36. The maximum atomic E-state index is 14.3. The molecule has 0 fully saturated rings. The minimum Gasteiger partial charge on any atom is -0.444 e. The lowest BCUT2D eigenvalue weighted by Gasteiger charge is -2.35. The van der Waals surface area contributed by atoms with Gasteiger partial charge < -0.3 is 20.3 Å². The van der Waals surface area contributed by atoms with Crippen LogP contribution < -0.4 is 10.6 Å². The summed E-state index contributed by atoms with van der Waals surface area (Å²) in [5, 5.41) is 5.95. The Labute approximate surface area is 244 Å². The third kappa shape index (κ3) is 13.2. The van der Waals surface area contributed by atoms with Crippen molar-refractivity contribution in [1.29, 1.82) is 0 Å². The average molecular weight is 560 g/mol. The van der Waals surface area contributed by atoms with Crippen molar-refractivity contribution in [2.75, 3.05) is 13.1 Å². The molecule has 228 valence electrons. The summed E-state index contributed by atoms with van der Waals surface area (Å²) in [5.74, 6) is -0.271. The monoisotopic (exact) mass is 559 g/mol. The number of hydrogen-bond donors (Lipinski definition) is 2. The molecular formula is C33H57N3O4. The molecule has 2 N–H and O–H groups in total. The van der Waals surface area contributed by atoms with Crippen molar-refractivity contribution in [3.8, 4) is 0 Å². The molecule has 1 aromatic carbocycles. The second kappa shape index (κ2) is 18.0. The van der Waals surface area contributed by atoms with Gasteiger partial charge in [-0.1, -0.05) is 90.0 Å². The van der Waals surface area contributed by atoms with Crippen LogP contribution >= 0.6 is 0 Å². The lowest BCUT2D eigenvalue weighted by Crippen LogP contribution is -2.53. The minimum atomic E-state index is -0.799. The standard InChI is InChI=1S/C33H57N3O4/c1-10-12-14-15-17-21-36(31(38)28(22-24(3)4)35-32(39)40-33(7,8)9)29(30(37)34-20-16-13-11-2)27-19-18-25(5)23-26(27)6/h18-19,23-24,28-29H,10-17,20-22H2,1-9H3,(H,34,37)(H,35,39). The van der Waals surface area contributed by atoms with Gasteiger partial charge in [-0.2, -0.15) is 0 Å². The van der Waals surface area contributed by atoms with Crippen molar-refractivity contribution in [3.05, 3.63) is 34.9 Å². The summed E-state index contributed by atoms with van der Waals surface area (Å²) >= 11 is 0. The summed E-state index contributed by atoms with van der Waals surface area (Å²) < 4.78 is 5.51. The Bertz CT molecular complexity index is 923. The second-order valence-corrected chi connectivity index (χ2v) is 12.5. The molecule has 0 aromatic heterocycles. The first kappa shape index (κ1) is 35.5. The van der Waals surface area contributed by atoms with Crippen LogP contribution in [0.15, 0.2) is 18.2 Å². The largest absolute Gasteiger partial charge is 0.444 e. The quantitative estimate of drug-likeness (QED) is 0.195. The van der Waals surface area contributed by atoms with Gasteiger partial charge in [-0.25, -0.2) is 4.79 Å². The molecule has 0 aliphatic carbocycles. The van der Waals surface area contributed by atoms with Crippen LogP contribution in [0.1, 0.15) is 129 Å². The molecule has 7 nitrogen and oxygen atoms in total. The van der Waals surface area contributed by atoms with Crippen molar-refractivity contribution < 1.29 is 19.1 Å². The van der Waals surface area contributed by atoms with Crippen LogP contribution in [0.4, 0.5) is 4.79 Å². The summed E-state index contributed by atoms with van der Waals surface area (Å²) in [6, 6.07) is 4.44. The molecule has 0 bridgehead atoms. The fraction of sp³-hybridized carbons (Fsp3) is 0.727. The highest BCUT2D eigenvalue weighted by Crippen LogP contribution is 2.28. The van der Waals surface area contributed by atoms with Gasteiger partial charge in [0.05, 0.1) is 0 Å². The van der Waals surface area contributed by atoms with Crippen LogP contribution in [0.3, 0.4) is 0 Å². The normalized spacial score (nSPS) is 13.1. The molecule has 0 aliphatic rings. The van der Waals surface area contributed by atoms with Gasteiger partial charge in [0.1, 0.15) is 17.7 Å². The fourth-order valence-electron chi connectivity index (χ4n) is 4.86. The Morgan fingerprint density at radius 1 is 0.925 bits per heavy atom. The molecule has 0 saturated carbocycles. The number of hydrogen-bond acceptors (Lipinski definition) is 4. The first-order valence-corrected chi connectivity index (χ1v) is 15.5. The summed E-state index contributed by atoms with van der Waals surface area (Å²) in [4.78, 5) is 42.7. The van der Waals surface area contributed by atoms with E-state index in [9.17, 15) is 14.4 Å². The number of ether oxygens (including phenoxy) is 1. The summed E-state index contributed by atoms with van der Waals surface area (Å²) in [6.07, 6.45) is 7.93. The van der Waals surface area contributed by atoms with Gasteiger partial charge in [0.25, 0.3) is 0 Å². The number of alkyl carbamates (subject to hydrolysis) is 1. The minimum absolute atomic E-state index is 0.151. The Hall–Kier alpha value is -2.57. The van der Waals surface area contributed by atoms with Crippen LogP contribution in [0.25, 0.3) is 0 Å². The van der Waals surface area contributed by atoms with Crippen LogP contribution in [0, 0.1) is 19.8 Å². The molecule has 0 spiro atoms. The molecule has 7 heteroatoms. The Kier molecular flexibility index (Phi) is 15.9. The predicted molar refractivity (Wildman–Crippen MR) is 164 cm³/mol. The number of amides is 3. The number of carbonyl (C=O) groups excluding carboxylic acids is 3. The third-order valence-electron chi connectivity index (χ3n) is 6.84. The van der Waals surface area contributed by atoms with Crippen molar-refractivity contribution in [2.24, 2.45) is 5.92 Å². The maximum absolute atomic E-state index is 14.3.